The van der Waals surface area contributed by atoms with E-state index < -0.39 is 10.0 Å². The molecule has 0 radical (unpaired) electrons. The number of sulfonamides is 1. The summed E-state index contributed by atoms with van der Waals surface area (Å²) in [5.74, 6) is 0. The summed E-state index contributed by atoms with van der Waals surface area (Å²) in [7, 11) is -3.43. The van der Waals surface area contributed by atoms with Crippen molar-refractivity contribution in [2.45, 2.75) is 25.3 Å². The minimum Gasteiger partial charge on any atom is -0.207 e. The van der Waals surface area contributed by atoms with Gasteiger partial charge in [0, 0.05) is 6.54 Å². The molecule has 0 atom stereocenters. The SMILES string of the molecule is Cc1cc(C)cc(CNS(=O)(=O)c2ccccc2)c1.Cl. The van der Waals surface area contributed by atoms with E-state index in [0.717, 1.165) is 16.7 Å². The molecule has 3 nitrogen and oxygen atoms in total. The second-order valence-electron chi connectivity index (χ2n) is 4.63. The molecule has 5 heteroatoms. The van der Waals surface area contributed by atoms with Gasteiger partial charge in [0.1, 0.15) is 0 Å². The molecule has 0 aliphatic rings. The van der Waals surface area contributed by atoms with Crippen LogP contribution in [0.4, 0.5) is 0 Å². The van der Waals surface area contributed by atoms with Gasteiger partial charge in [-0.3, -0.25) is 0 Å². The number of aryl methyl sites for hydroxylation is 2. The molecule has 108 valence electrons. The first-order valence-corrected chi connectivity index (χ1v) is 7.57. The van der Waals surface area contributed by atoms with Gasteiger partial charge in [-0.2, -0.15) is 0 Å². The molecule has 0 aliphatic heterocycles. The first kappa shape index (κ1) is 16.7. The van der Waals surface area contributed by atoms with Crippen molar-refractivity contribution in [1.29, 1.82) is 0 Å². The van der Waals surface area contributed by atoms with E-state index in [-0.39, 0.29) is 12.4 Å². The topological polar surface area (TPSA) is 46.2 Å². The monoisotopic (exact) mass is 311 g/mol. The summed E-state index contributed by atoms with van der Waals surface area (Å²) in [6.45, 7) is 4.31. The Morgan fingerprint density at radius 1 is 0.950 bits per heavy atom. The fourth-order valence-corrected chi connectivity index (χ4v) is 3.07. The third-order valence-electron chi connectivity index (χ3n) is 2.80. The fraction of sp³-hybridized carbons (Fsp3) is 0.200. The van der Waals surface area contributed by atoms with Crippen LogP contribution in [0.15, 0.2) is 53.4 Å². The summed E-state index contributed by atoms with van der Waals surface area (Å²) < 4.78 is 26.7. The Morgan fingerprint density at radius 2 is 1.50 bits per heavy atom. The van der Waals surface area contributed by atoms with Crippen molar-refractivity contribution in [3.05, 3.63) is 65.2 Å². The van der Waals surface area contributed by atoms with Crippen LogP contribution in [0, 0.1) is 13.8 Å². The summed E-state index contributed by atoms with van der Waals surface area (Å²) in [6, 6.07) is 14.4. The molecule has 20 heavy (non-hydrogen) atoms. The second kappa shape index (κ2) is 6.88. The Bertz CT molecular complexity index is 649. The lowest BCUT2D eigenvalue weighted by Gasteiger charge is -2.08. The van der Waals surface area contributed by atoms with Gasteiger partial charge in [0.05, 0.1) is 4.90 Å². The van der Waals surface area contributed by atoms with Crippen LogP contribution in [-0.4, -0.2) is 8.42 Å². The van der Waals surface area contributed by atoms with Gasteiger partial charge in [-0.15, -0.1) is 12.4 Å². The molecule has 0 aliphatic carbocycles. The van der Waals surface area contributed by atoms with E-state index in [1.165, 1.54) is 0 Å². The van der Waals surface area contributed by atoms with Crippen molar-refractivity contribution >= 4 is 22.4 Å². The van der Waals surface area contributed by atoms with E-state index in [9.17, 15) is 8.42 Å². The number of halogens is 1. The highest BCUT2D eigenvalue weighted by Crippen LogP contribution is 2.11. The lowest BCUT2D eigenvalue weighted by molar-refractivity contribution is 0.581. The molecule has 0 heterocycles. The van der Waals surface area contributed by atoms with Crippen molar-refractivity contribution < 1.29 is 8.42 Å². The minimum absolute atomic E-state index is 0. The van der Waals surface area contributed by atoms with E-state index in [2.05, 4.69) is 10.8 Å². The highest BCUT2D eigenvalue weighted by atomic mass is 35.5. The van der Waals surface area contributed by atoms with E-state index in [4.69, 9.17) is 0 Å². The smallest absolute Gasteiger partial charge is 0.207 e. The van der Waals surface area contributed by atoms with Crippen LogP contribution in [0.5, 0.6) is 0 Å². The van der Waals surface area contributed by atoms with Crippen molar-refractivity contribution in [1.82, 2.24) is 4.72 Å². The standard InChI is InChI=1S/C15H17NO2S.ClH/c1-12-8-13(2)10-14(9-12)11-16-19(17,18)15-6-4-3-5-7-15;/h3-10,16H,11H2,1-2H3;1H. The zero-order valence-electron chi connectivity index (χ0n) is 11.5. The third-order valence-corrected chi connectivity index (χ3v) is 4.22. The lowest BCUT2D eigenvalue weighted by atomic mass is 10.1. The molecule has 0 amide bonds. The quantitative estimate of drug-likeness (QED) is 0.942. The number of hydrogen-bond acceptors (Lipinski definition) is 2. The van der Waals surface area contributed by atoms with E-state index >= 15 is 0 Å². The predicted octanol–water partition coefficient (Wildman–Crippen LogP) is 3.20. The van der Waals surface area contributed by atoms with Crippen molar-refractivity contribution in [3.8, 4) is 0 Å². The predicted molar refractivity (Wildman–Crippen MR) is 83.6 cm³/mol. The molecule has 0 spiro atoms. The van der Waals surface area contributed by atoms with Crippen LogP contribution in [0.3, 0.4) is 0 Å². The van der Waals surface area contributed by atoms with Gasteiger partial charge in [0.2, 0.25) is 10.0 Å². The summed E-state index contributed by atoms with van der Waals surface area (Å²) in [6.07, 6.45) is 0. The summed E-state index contributed by atoms with van der Waals surface area (Å²) in [4.78, 5) is 0.291. The van der Waals surface area contributed by atoms with Gasteiger partial charge >= 0.3 is 0 Å². The van der Waals surface area contributed by atoms with E-state index in [1.54, 1.807) is 30.3 Å². The first-order valence-electron chi connectivity index (χ1n) is 6.09. The molecule has 0 saturated carbocycles. The molecule has 0 aromatic heterocycles. The zero-order chi connectivity index (χ0) is 13.9. The van der Waals surface area contributed by atoms with Gasteiger partial charge in [-0.05, 0) is 31.5 Å². The summed E-state index contributed by atoms with van der Waals surface area (Å²) in [5.41, 5.74) is 3.24. The highest BCUT2D eigenvalue weighted by Gasteiger charge is 2.12. The van der Waals surface area contributed by atoms with Crippen LogP contribution in [0.1, 0.15) is 16.7 Å². The average molecular weight is 312 g/mol. The molecule has 2 aromatic rings. The maximum atomic E-state index is 12.1. The maximum absolute atomic E-state index is 12.1. The van der Waals surface area contributed by atoms with E-state index in [0.29, 0.717) is 11.4 Å². The van der Waals surface area contributed by atoms with Crippen LogP contribution < -0.4 is 4.72 Å². The zero-order valence-corrected chi connectivity index (χ0v) is 13.1. The van der Waals surface area contributed by atoms with Crippen molar-refractivity contribution in [2.24, 2.45) is 0 Å². The average Bonchev–Trinajstić information content (AvgIpc) is 2.37. The second-order valence-corrected chi connectivity index (χ2v) is 6.40. The minimum atomic E-state index is -3.43. The summed E-state index contributed by atoms with van der Waals surface area (Å²) in [5, 5.41) is 0. The molecular weight excluding hydrogens is 294 g/mol. The van der Waals surface area contributed by atoms with Crippen molar-refractivity contribution in [2.75, 3.05) is 0 Å². The Hall–Kier alpha value is -1.36. The van der Waals surface area contributed by atoms with Gasteiger partial charge in [-0.1, -0.05) is 47.5 Å². The molecule has 0 bridgehead atoms. The maximum Gasteiger partial charge on any atom is 0.240 e. The molecule has 0 unspecified atom stereocenters. The Morgan fingerprint density at radius 3 is 2.05 bits per heavy atom. The molecule has 2 aromatic carbocycles. The molecule has 0 saturated heterocycles. The van der Waals surface area contributed by atoms with Crippen LogP contribution >= 0.6 is 12.4 Å². The first-order chi connectivity index (χ1) is 8.97. The number of nitrogens with one attached hydrogen (secondary N) is 1. The van der Waals surface area contributed by atoms with Gasteiger partial charge < -0.3 is 0 Å². The fourth-order valence-electron chi connectivity index (χ4n) is 2.03. The van der Waals surface area contributed by atoms with Crippen LogP contribution in [0.25, 0.3) is 0 Å². The normalized spacial score (nSPS) is 10.9. The van der Waals surface area contributed by atoms with Gasteiger partial charge in [0.15, 0.2) is 0 Å². The Balaban J connectivity index is 0.00000200. The van der Waals surface area contributed by atoms with Crippen molar-refractivity contribution in [3.63, 3.8) is 0 Å². The van der Waals surface area contributed by atoms with Gasteiger partial charge in [-0.25, -0.2) is 13.1 Å². The Labute approximate surface area is 126 Å². The number of rotatable bonds is 4. The summed E-state index contributed by atoms with van der Waals surface area (Å²) >= 11 is 0. The molecular formula is C15H18ClNO2S. The third kappa shape index (κ3) is 4.34. The Kier molecular flexibility index (Phi) is 5.74. The van der Waals surface area contributed by atoms with Crippen LogP contribution in [0.2, 0.25) is 0 Å². The number of benzene rings is 2. The molecule has 1 N–H and O–H groups in total. The van der Waals surface area contributed by atoms with Crippen LogP contribution in [-0.2, 0) is 16.6 Å². The number of hydrogen-bond donors (Lipinski definition) is 1. The van der Waals surface area contributed by atoms with E-state index in [1.807, 2.05) is 26.0 Å². The molecule has 2 rings (SSSR count). The van der Waals surface area contributed by atoms with Gasteiger partial charge in [0.25, 0.3) is 0 Å². The molecule has 0 fully saturated rings. The highest BCUT2D eigenvalue weighted by molar-refractivity contribution is 7.89. The largest absolute Gasteiger partial charge is 0.240 e. The lowest BCUT2D eigenvalue weighted by Crippen LogP contribution is -2.23.